The van der Waals surface area contributed by atoms with E-state index in [9.17, 15) is 0 Å². The van der Waals surface area contributed by atoms with Crippen LogP contribution in [-0.2, 0) is 0 Å². The molecule has 2 aromatic heterocycles. The quantitative estimate of drug-likeness (QED) is 0.858. The van der Waals surface area contributed by atoms with Gasteiger partial charge in [-0.1, -0.05) is 12.2 Å². The van der Waals surface area contributed by atoms with E-state index >= 15 is 0 Å². The van der Waals surface area contributed by atoms with Gasteiger partial charge in [-0.25, -0.2) is 4.98 Å². The summed E-state index contributed by atoms with van der Waals surface area (Å²) in [5.41, 5.74) is 8.09. The smallest absolute Gasteiger partial charge is 0.229 e. The number of nitrogens with zero attached hydrogens (tertiary/aromatic N) is 2. The molecule has 0 saturated heterocycles. The molecule has 0 radical (unpaired) electrons. The number of hydrogen-bond acceptors (Lipinski definition) is 4. The maximum Gasteiger partial charge on any atom is 0.229 e. The van der Waals surface area contributed by atoms with E-state index in [2.05, 4.69) is 9.97 Å². The summed E-state index contributed by atoms with van der Waals surface area (Å²) in [6.07, 6.45) is 3.37. The van der Waals surface area contributed by atoms with Gasteiger partial charge in [0.1, 0.15) is 4.99 Å². The summed E-state index contributed by atoms with van der Waals surface area (Å²) in [7, 11) is 0. The van der Waals surface area contributed by atoms with E-state index in [-0.39, 0.29) is 4.99 Å². The highest BCUT2D eigenvalue weighted by molar-refractivity contribution is 7.80. The minimum Gasteiger partial charge on any atom is -0.436 e. The number of pyridine rings is 2. The van der Waals surface area contributed by atoms with Crippen molar-refractivity contribution in [2.75, 3.05) is 0 Å². The molecule has 0 spiro atoms. The third-order valence-corrected chi connectivity index (χ3v) is 2.74. The van der Waals surface area contributed by atoms with E-state index in [1.807, 2.05) is 26.0 Å². The van der Waals surface area contributed by atoms with Crippen molar-refractivity contribution in [1.29, 1.82) is 0 Å². The lowest BCUT2D eigenvalue weighted by Gasteiger charge is -2.12. The fraction of sp³-hybridized carbons (Fsp3) is 0.154. The van der Waals surface area contributed by atoms with Gasteiger partial charge in [0.25, 0.3) is 0 Å². The molecule has 0 aliphatic rings. The van der Waals surface area contributed by atoms with Gasteiger partial charge in [-0.2, -0.15) is 0 Å². The first-order valence-corrected chi connectivity index (χ1v) is 5.85. The van der Waals surface area contributed by atoms with Crippen molar-refractivity contribution in [3.8, 4) is 11.6 Å². The molecule has 0 amide bonds. The number of ether oxygens (including phenoxy) is 1. The number of hydrogen-bond donors (Lipinski definition) is 1. The number of thiocarbonyl (C=S) groups is 1. The van der Waals surface area contributed by atoms with Gasteiger partial charge in [-0.05, 0) is 37.6 Å². The molecule has 0 aliphatic carbocycles. The normalized spacial score (nSPS) is 10.1. The Labute approximate surface area is 111 Å². The van der Waals surface area contributed by atoms with Crippen molar-refractivity contribution in [3.05, 3.63) is 47.4 Å². The van der Waals surface area contributed by atoms with Crippen molar-refractivity contribution in [3.63, 3.8) is 0 Å². The molecule has 18 heavy (non-hydrogen) atoms. The van der Waals surface area contributed by atoms with E-state index in [0.29, 0.717) is 17.2 Å². The lowest BCUT2D eigenvalue weighted by molar-refractivity contribution is 0.455. The Balaban J connectivity index is 2.44. The van der Waals surface area contributed by atoms with Crippen LogP contribution in [0.5, 0.6) is 11.6 Å². The molecule has 4 nitrogen and oxygen atoms in total. The van der Waals surface area contributed by atoms with Gasteiger partial charge in [0, 0.05) is 12.4 Å². The van der Waals surface area contributed by atoms with Gasteiger partial charge in [0.15, 0.2) is 5.75 Å². The topological polar surface area (TPSA) is 61.0 Å². The molecule has 0 fully saturated rings. The third kappa shape index (κ3) is 2.46. The third-order valence-electron chi connectivity index (χ3n) is 2.54. The molecule has 2 rings (SSSR count). The van der Waals surface area contributed by atoms with Gasteiger partial charge in [-0.3, -0.25) is 4.98 Å². The summed E-state index contributed by atoms with van der Waals surface area (Å²) in [4.78, 5) is 8.61. The van der Waals surface area contributed by atoms with Gasteiger partial charge in [-0.15, -0.1) is 0 Å². The monoisotopic (exact) mass is 259 g/mol. The Morgan fingerprint density at radius 1 is 1.22 bits per heavy atom. The van der Waals surface area contributed by atoms with Crippen LogP contribution in [0.15, 0.2) is 30.6 Å². The Morgan fingerprint density at radius 3 is 2.67 bits per heavy atom. The number of nitrogens with two attached hydrogens (primary N) is 1. The Morgan fingerprint density at radius 2 is 2.00 bits per heavy atom. The van der Waals surface area contributed by atoms with Crippen LogP contribution < -0.4 is 10.5 Å². The Kier molecular flexibility index (Phi) is 3.53. The largest absolute Gasteiger partial charge is 0.436 e. The number of aromatic nitrogens is 2. The zero-order valence-corrected chi connectivity index (χ0v) is 11.0. The highest BCUT2D eigenvalue weighted by atomic mass is 32.1. The lowest BCUT2D eigenvalue weighted by Crippen LogP contribution is -2.13. The summed E-state index contributed by atoms with van der Waals surface area (Å²) in [5, 5.41) is 0. The highest BCUT2D eigenvalue weighted by Crippen LogP contribution is 2.26. The zero-order valence-electron chi connectivity index (χ0n) is 10.2. The van der Waals surface area contributed by atoms with Crippen LogP contribution in [0.25, 0.3) is 0 Å². The van der Waals surface area contributed by atoms with Gasteiger partial charge >= 0.3 is 0 Å². The molecule has 0 aliphatic heterocycles. The van der Waals surface area contributed by atoms with Crippen LogP contribution in [0.1, 0.15) is 16.8 Å². The summed E-state index contributed by atoms with van der Waals surface area (Å²) < 4.78 is 5.74. The maximum atomic E-state index is 5.74. The second kappa shape index (κ2) is 5.10. The van der Waals surface area contributed by atoms with Crippen molar-refractivity contribution in [2.45, 2.75) is 13.8 Å². The molecule has 2 heterocycles. The summed E-state index contributed by atoms with van der Waals surface area (Å²) in [6.45, 7) is 3.78. The Hall–Kier alpha value is -2.01. The van der Waals surface area contributed by atoms with Crippen LogP contribution >= 0.6 is 12.2 Å². The zero-order chi connectivity index (χ0) is 13.1. The standard InChI is InChI=1S/C13H13N3OS/c1-8-5-7-16-13(11(8)12(14)18)17-10-4-3-6-15-9(10)2/h3-7H,1-2H3,(H2,14,18). The summed E-state index contributed by atoms with van der Waals surface area (Å²) in [5.74, 6) is 1.06. The van der Waals surface area contributed by atoms with Crippen molar-refractivity contribution >= 4 is 17.2 Å². The van der Waals surface area contributed by atoms with Crippen LogP contribution in [0, 0.1) is 13.8 Å². The maximum absolute atomic E-state index is 5.74. The molecule has 0 aromatic carbocycles. The molecular formula is C13H13N3OS. The van der Waals surface area contributed by atoms with Crippen LogP contribution in [0.3, 0.4) is 0 Å². The fourth-order valence-corrected chi connectivity index (χ4v) is 1.84. The minimum absolute atomic E-state index is 0.275. The first-order chi connectivity index (χ1) is 8.59. The molecule has 2 aromatic rings. The molecule has 2 N–H and O–H groups in total. The van der Waals surface area contributed by atoms with E-state index in [1.165, 1.54) is 0 Å². The molecule has 0 bridgehead atoms. The van der Waals surface area contributed by atoms with E-state index in [1.54, 1.807) is 18.5 Å². The second-order valence-corrected chi connectivity index (χ2v) is 4.30. The SMILES string of the molecule is Cc1ccnc(Oc2cccnc2C)c1C(N)=S. The van der Waals surface area contributed by atoms with Crippen molar-refractivity contribution < 1.29 is 4.74 Å². The second-order valence-electron chi connectivity index (χ2n) is 3.86. The van der Waals surface area contributed by atoms with Crippen LogP contribution in [-0.4, -0.2) is 15.0 Å². The number of aryl methyl sites for hydroxylation is 2. The Bertz CT molecular complexity index is 599. The first-order valence-electron chi connectivity index (χ1n) is 5.44. The van der Waals surface area contributed by atoms with Gasteiger partial charge < -0.3 is 10.5 Å². The highest BCUT2D eigenvalue weighted by Gasteiger charge is 2.13. The van der Waals surface area contributed by atoms with Crippen LogP contribution in [0.2, 0.25) is 0 Å². The first kappa shape index (κ1) is 12.4. The average Bonchev–Trinajstić information content (AvgIpc) is 2.31. The predicted molar refractivity (Wildman–Crippen MR) is 73.9 cm³/mol. The molecular weight excluding hydrogens is 246 g/mol. The van der Waals surface area contributed by atoms with E-state index in [4.69, 9.17) is 22.7 Å². The van der Waals surface area contributed by atoms with Crippen molar-refractivity contribution in [1.82, 2.24) is 9.97 Å². The minimum atomic E-state index is 0.275. The number of rotatable bonds is 3. The fourth-order valence-electron chi connectivity index (χ4n) is 1.59. The summed E-state index contributed by atoms with van der Waals surface area (Å²) >= 11 is 5.03. The summed E-state index contributed by atoms with van der Waals surface area (Å²) in [6, 6.07) is 5.48. The van der Waals surface area contributed by atoms with E-state index in [0.717, 1.165) is 11.3 Å². The lowest BCUT2D eigenvalue weighted by atomic mass is 10.1. The molecule has 92 valence electrons. The molecule has 5 heteroatoms. The molecule has 0 atom stereocenters. The van der Waals surface area contributed by atoms with Crippen LogP contribution in [0.4, 0.5) is 0 Å². The van der Waals surface area contributed by atoms with Gasteiger partial charge in [0.05, 0.1) is 11.3 Å². The molecule has 0 unspecified atom stereocenters. The van der Waals surface area contributed by atoms with Crippen molar-refractivity contribution in [2.24, 2.45) is 5.73 Å². The average molecular weight is 259 g/mol. The predicted octanol–water partition coefficient (Wildman–Crippen LogP) is 2.52. The molecule has 0 saturated carbocycles. The van der Waals surface area contributed by atoms with Gasteiger partial charge in [0.2, 0.25) is 5.88 Å². The van der Waals surface area contributed by atoms with E-state index < -0.39 is 0 Å².